The Hall–Kier alpha value is -4.21. The number of likely N-dealkylation sites (N-methyl/N-ethyl adjacent to an activating group) is 1. The Morgan fingerprint density at radius 3 is 2.39 bits per heavy atom. The number of carbonyl (C=O) groups is 1. The standard InChI is InChI=1S/C32H32FN3O4S/c1-34-32(37)30-27-20-26(22-10-6-4-7-11-22)28(21-29(27)40-31(30)23-14-16-24(33)17-15-23)36(41(3,38)39)19-18-35(2)25-12-8-5-9-13-25/h4-12,14-17,20-21,25H,13,18-19H2,1-3H3,(H,34,37). The van der Waals surface area contributed by atoms with Crippen molar-refractivity contribution in [3.05, 3.63) is 102 Å². The van der Waals surface area contributed by atoms with E-state index in [9.17, 15) is 17.6 Å². The van der Waals surface area contributed by atoms with Gasteiger partial charge in [-0.15, -0.1) is 0 Å². The van der Waals surface area contributed by atoms with Crippen LogP contribution in [0, 0.1) is 5.82 Å². The number of benzene rings is 3. The van der Waals surface area contributed by atoms with E-state index >= 15 is 0 Å². The number of hydrogen-bond acceptors (Lipinski definition) is 5. The van der Waals surface area contributed by atoms with Crippen LogP contribution in [0.3, 0.4) is 0 Å². The van der Waals surface area contributed by atoms with Crippen molar-refractivity contribution >= 4 is 32.6 Å². The number of nitrogens with one attached hydrogen (secondary N) is 1. The first-order chi connectivity index (χ1) is 19.7. The molecule has 0 radical (unpaired) electrons. The summed E-state index contributed by atoms with van der Waals surface area (Å²) in [6.45, 7) is 0.702. The van der Waals surface area contributed by atoms with Crippen LogP contribution in [-0.4, -0.2) is 58.7 Å². The molecule has 7 nitrogen and oxygen atoms in total. The van der Waals surface area contributed by atoms with Gasteiger partial charge in [-0.1, -0.05) is 54.6 Å². The van der Waals surface area contributed by atoms with Gasteiger partial charge in [0, 0.05) is 48.8 Å². The summed E-state index contributed by atoms with van der Waals surface area (Å²) >= 11 is 0. The van der Waals surface area contributed by atoms with E-state index in [-0.39, 0.29) is 24.3 Å². The fraction of sp³-hybridized carbons (Fsp3) is 0.219. The molecule has 0 spiro atoms. The van der Waals surface area contributed by atoms with Gasteiger partial charge in [-0.3, -0.25) is 14.0 Å². The van der Waals surface area contributed by atoms with Gasteiger partial charge in [0.25, 0.3) is 5.91 Å². The molecule has 0 fully saturated rings. The molecule has 1 amide bonds. The molecule has 212 valence electrons. The van der Waals surface area contributed by atoms with Gasteiger partial charge in [0.05, 0.1) is 17.5 Å². The van der Waals surface area contributed by atoms with Crippen molar-refractivity contribution in [3.8, 4) is 22.5 Å². The zero-order valence-corrected chi connectivity index (χ0v) is 24.0. The highest BCUT2D eigenvalue weighted by atomic mass is 32.2. The van der Waals surface area contributed by atoms with Gasteiger partial charge >= 0.3 is 0 Å². The molecular weight excluding hydrogens is 541 g/mol. The third-order valence-electron chi connectivity index (χ3n) is 7.30. The number of allylic oxidation sites excluding steroid dienone is 2. The quantitative estimate of drug-likeness (QED) is 0.272. The average Bonchev–Trinajstić information content (AvgIpc) is 3.35. The Kier molecular flexibility index (Phi) is 8.10. The van der Waals surface area contributed by atoms with Crippen molar-refractivity contribution in [1.29, 1.82) is 0 Å². The molecule has 41 heavy (non-hydrogen) atoms. The summed E-state index contributed by atoms with van der Waals surface area (Å²) in [6.07, 6.45) is 10.2. The summed E-state index contributed by atoms with van der Waals surface area (Å²) in [5.74, 6) is -0.502. The maximum absolute atomic E-state index is 13.7. The van der Waals surface area contributed by atoms with Crippen LogP contribution < -0.4 is 9.62 Å². The summed E-state index contributed by atoms with van der Waals surface area (Å²) in [4.78, 5) is 15.3. The van der Waals surface area contributed by atoms with E-state index in [1.165, 1.54) is 29.7 Å². The predicted octanol–water partition coefficient (Wildman–Crippen LogP) is 5.85. The summed E-state index contributed by atoms with van der Waals surface area (Å²) in [6, 6.07) is 18.8. The number of furan rings is 1. The number of rotatable bonds is 9. The SMILES string of the molecule is CNC(=O)c1c(-c2ccc(F)cc2)oc2cc(N(CCN(C)C3C=CC=CC3)S(C)(=O)=O)c(-c3ccccc3)cc12. The molecule has 1 aromatic heterocycles. The third-order valence-corrected chi connectivity index (χ3v) is 8.48. The lowest BCUT2D eigenvalue weighted by molar-refractivity contribution is 0.0964. The van der Waals surface area contributed by atoms with E-state index in [4.69, 9.17) is 4.42 Å². The second-order valence-electron chi connectivity index (χ2n) is 10.1. The molecule has 0 bridgehead atoms. The summed E-state index contributed by atoms with van der Waals surface area (Å²) < 4.78 is 47.9. The molecule has 0 saturated heterocycles. The molecule has 1 aliphatic carbocycles. The molecule has 1 heterocycles. The van der Waals surface area contributed by atoms with Crippen molar-refractivity contribution in [2.75, 3.05) is 37.7 Å². The summed E-state index contributed by atoms with van der Waals surface area (Å²) in [7, 11) is -0.204. The van der Waals surface area contributed by atoms with E-state index in [0.717, 1.165) is 12.0 Å². The molecule has 4 aromatic rings. The minimum absolute atomic E-state index is 0.177. The Balaban J connectivity index is 1.68. The fourth-order valence-corrected chi connectivity index (χ4v) is 6.04. The van der Waals surface area contributed by atoms with Crippen molar-refractivity contribution < 1.29 is 22.0 Å². The topological polar surface area (TPSA) is 82.9 Å². The Bertz CT molecular complexity index is 1730. The molecule has 0 saturated carbocycles. The number of sulfonamides is 1. The average molecular weight is 574 g/mol. The number of carbonyl (C=O) groups excluding carboxylic acids is 1. The van der Waals surface area contributed by atoms with Gasteiger partial charge in [-0.25, -0.2) is 12.8 Å². The second kappa shape index (κ2) is 11.7. The largest absolute Gasteiger partial charge is 0.455 e. The molecule has 1 N–H and O–H groups in total. The Morgan fingerprint density at radius 2 is 1.76 bits per heavy atom. The van der Waals surface area contributed by atoms with Gasteiger partial charge in [-0.05, 0) is 49.4 Å². The lowest BCUT2D eigenvalue weighted by Gasteiger charge is -2.30. The van der Waals surface area contributed by atoms with Gasteiger partial charge in [-0.2, -0.15) is 0 Å². The monoisotopic (exact) mass is 573 g/mol. The maximum Gasteiger partial charge on any atom is 0.255 e. The van der Waals surface area contributed by atoms with Crippen LogP contribution in [-0.2, 0) is 10.0 Å². The van der Waals surface area contributed by atoms with E-state index < -0.39 is 15.8 Å². The van der Waals surface area contributed by atoms with E-state index in [0.29, 0.717) is 39.9 Å². The normalized spacial score (nSPS) is 15.0. The molecule has 1 unspecified atom stereocenters. The minimum atomic E-state index is -3.71. The van der Waals surface area contributed by atoms with Crippen LogP contribution in [0.5, 0.6) is 0 Å². The first kappa shape index (κ1) is 28.3. The van der Waals surface area contributed by atoms with Crippen molar-refractivity contribution in [2.45, 2.75) is 12.5 Å². The lowest BCUT2D eigenvalue weighted by atomic mass is 9.98. The molecule has 3 aromatic carbocycles. The predicted molar refractivity (Wildman–Crippen MR) is 162 cm³/mol. The fourth-order valence-electron chi connectivity index (χ4n) is 5.12. The zero-order valence-electron chi connectivity index (χ0n) is 23.2. The number of anilines is 1. The number of amides is 1. The van der Waals surface area contributed by atoms with Gasteiger partial charge < -0.3 is 9.73 Å². The van der Waals surface area contributed by atoms with Crippen LogP contribution in [0.25, 0.3) is 33.4 Å². The van der Waals surface area contributed by atoms with Crippen molar-refractivity contribution in [3.63, 3.8) is 0 Å². The number of halogens is 1. The van der Waals surface area contributed by atoms with Crippen LogP contribution in [0.15, 0.2) is 95.5 Å². The highest BCUT2D eigenvalue weighted by Gasteiger charge is 2.28. The van der Waals surface area contributed by atoms with Crippen molar-refractivity contribution in [2.24, 2.45) is 0 Å². The van der Waals surface area contributed by atoms with Gasteiger partial charge in [0.15, 0.2) is 0 Å². The Morgan fingerprint density at radius 1 is 1.02 bits per heavy atom. The molecule has 1 atom stereocenters. The smallest absolute Gasteiger partial charge is 0.255 e. The number of hydrogen-bond donors (Lipinski definition) is 1. The number of nitrogens with zero attached hydrogens (tertiary/aromatic N) is 2. The zero-order chi connectivity index (χ0) is 29.1. The highest BCUT2D eigenvalue weighted by Crippen LogP contribution is 2.41. The van der Waals surface area contributed by atoms with Gasteiger partial charge in [0.2, 0.25) is 10.0 Å². The first-order valence-corrected chi connectivity index (χ1v) is 15.2. The molecule has 5 rings (SSSR count). The third kappa shape index (κ3) is 5.96. The van der Waals surface area contributed by atoms with Crippen molar-refractivity contribution in [1.82, 2.24) is 10.2 Å². The van der Waals surface area contributed by atoms with E-state index in [1.807, 2.05) is 49.5 Å². The first-order valence-electron chi connectivity index (χ1n) is 13.3. The van der Waals surface area contributed by atoms with Crippen LogP contribution in [0.4, 0.5) is 10.1 Å². The Labute approximate surface area is 239 Å². The maximum atomic E-state index is 13.7. The second-order valence-corrected chi connectivity index (χ2v) is 12.0. The molecular formula is C32H32FN3O4S. The molecule has 1 aliphatic rings. The van der Waals surface area contributed by atoms with Gasteiger partial charge in [0.1, 0.15) is 17.2 Å². The summed E-state index contributed by atoms with van der Waals surface area (Å²) in [5.41, 5.74) is 3.05. The highest BCUT2D eigenvalue weighted by molar-refractivity contribution is 7.92. The number of fused-ring (bicyclic) bond motifs is 1. The van der Waals surface area contributed by atoms with Crippen LogP contribution >= 0.6 is 0 Å². The minimum Gasteiger partial charge on any atom is -0.455 e. The lowest BCUT2D eigenvalue weighted by Crippen LogP contribution is -2.40. The molecule has 9 heteroatoms. The summed E-state index contributed by atoms with van der Waals surface area (Å²) in [5, 5.41) is 3.19. The van der Waals surface area contributed by atoms with E-state index in [1.54, 1.807) is 24.3 Å². The molecule has 0 aliphatic heterocycles. The van der Waals surface area contributed by atoms with E-state index in [2.05, 4.69) is 22.4 Å². The van der Waals surface area contributed by atoms with Crippen LogP contribution in [0.1, 0.15) is 16.8 Å². The van der Waals surface area contributed by atoms with Crippen LogP contribution in [0.2, 0.25) is 0 Å².